The first-order chi connectivity index (χ1) is 8.69. The Balaban J connectivity index is 1.81. The van der Waals surface area contributed by atoms with Crippen molar-refractivity contribution in [3.63, 3.8) is 0 Å². The van der Waals surface area contributed by atoms with Gasteiger partial charge in [-0.2, -0.15) is 0 Å². The van der Waals surface area contributed by atoms with Crippen molar-refractivity contribution >= 4 is 0 Å². The first-order valence-electron chi connectivity index (χ1n) is 7.07. The van der Waals surface area contributed by atoms with Crippen LogP contribution in [0.4, 0.5) is 0 Å². The van der Waals surface area contributed by atoms with Crippen LogP contribution in [0.2, 0.25) is 0 Å². The monoisotopic (exact) mass is 245 g/mol. The molecule has 2 N–H and O–H groups in total. The molecule has 18 heavy (non-hydrogen) atoms. The summed E-state index contributed by atoms with van der Waals surface area (Å²) in [5.74, 6) is 0. The normalized spacial score (nSPS) is 24.1. The fourth-order valence-electron chi connectivity index (χ4n) is 3.39. The molecule has 0 bridgehead atoms. The summed E-state index contributed by atoms with van der Waals surface area (Å²) in [4.78, 5) is 0. The van der Waals surface area contributed by atoms with Gasteiger partial charge in [0.15, 0.2) is 0 Å². The summed E-state index contributed by atoms with van der Waals surface area (Å²) in [6, 6.07) is 9.04. The zero-order chi connectivity index (χ0) is 12.6. The first-order valence-corrected chi connectivity index (χ1v) is 7.07. The highest BCUT2D eigenvalue weighted by Crippen LogP contribution is 2.48. The third kappa shape index (κ3) is 1.98. The lowest BCUT2D eigenvalue weighted by atomic mass is 9.87. The van der Waals surface area contributed by atoms with Crippen molar-refractivity contribution in [3.05, 3.63) is 35.4 Å². The van der Waals surface area contributed by atoms with Gasteiger partial charge in [-0.1, -0.05) is 37.1 Å². The molecule has 0 amide bonds. The fourth-order valence-corrected chi connectivity index (χ4v) is 3.39. The Morgan fingerprint density at radius 2 is 1.56 bits per heavy atom. The quantitative estimate of drug-likeness (QED) is 0.884. The molecule has 2 heteroatoms. The number of nitrogens with two attached hydrogens (primary N) is 1. The Morgan fingerprint density at radius 1 is 1.00 bits per heavy atom. The number of ether oxygens (including phenoxy) is 1. The second-order valence-corrected chi connectivity index (χ2v) is 6.15. The maximum absolute atomic E-state index is 6.49. The lowest BCUT2D eigenvalue weighted by molar-refractivity contribution is 0.171. The Hall–Kier alpha value is -0.860. The van der Waals surface area contributed by atoms with Crippen LogP contribution in [0.15, 0.2) is 24.3 Å². The van der Waals surface area contributed by atoms with E-state index in [1.54, 1.807) is 7.11 Å². The van der Waals surface area contributed by atoms with Crippen LogP contribution in [0.1, 0.15) is 49.7 Å². The minimum atomic E-state index is -0.0590. The number of rotatable bonds is 4. The van der Waals surface area contributed by atoms with Crippen molar-refractivity contribution in [1.82, 2.24) is 0 Å². The smallest absolute Gasteiger partial charge is 0.0559 e. The van der Waals surface area contributed by atoms with Gasteiger partial charge in [-0.3, -0.25) is 0 Å². The molecule has 2 fully saturated rings. The van der Waals surface area contributed by atoms with Crippen molar-refractivity contribution < 1.29 is 4.74 Å². The molecule has 98 valence electrons. The molecular formula is C16H23NO. The predicted molar refractivity (Wildman–Crippen MR) is 73.6 cm³/mol. The Bertz CT molecular complexity index is 413. The second kappa shape index (κ2) is 4.36. The molecule has 0 heterocycles. The SMILES string of the molecule is COCC1(c2ccc(C3(N)CCCC3)cc2)CC1. The fraction of sp³-hybridized carbons (Fsp3) is 0.625. The van der Waals surface area contributed by atoms with Crippen LogP contribution in [0, 0.1) is 0 Å². The molecular weight excluding hydrogens is 222 g/mol. The summed E-state index contributed by atoms with van der Waals surface area (Å²) in [5, 5.41) is 0. The van der Waals surface area contributed by atoms with Crippen LogP contribution < -0.4 is 5.73 Å². The van der Waals surface area contributed by atoms with Crippen molar-refractivity contribution in [3.8, 4) is 0 Å². The molecule has 3 rings (SSSR count). The van der Waals surface area contributed by atoms with Gasteiger partial charge in [0.05, 0.1) is 6.61 Å². The highest BCUT2D eigenvalue weighted by molar-refractivity contribution is 5.36. The lowest BCUT2D eigenvalue weighted by Gasteiger charge is -2.25. The minimum absolute atomic E-state index is 0.0590. The molecule has 1 aromatic rings. The van der Waals surface area contributed by atoms with Crippen LogP contribution in [0.5, 0.6) is 0 Å². The molecule has 0 unspecified atom stereocenters. The molecule has 1 aromatic carbocycles. The zero-order valence-electron chi connectivity index (χ0n) is 11.2. The van der Waals surface area contributed by atoms with E-state index in [1.807, 2.05) is 0 Å². The third-order valence-corrected chi connectivity index (χ3v) is 4.84. The first kappa shape index (κ1) is 12.2. The summed E-state index contributed by atoms with van der Waals surface area (Å²) in [5.41, 5.74) is 9.48. The maximum atomic E-state index is 6.49. The van der Waals surface area contributed by atoms with Crippen LogP contribution in [0.3, 0.4) is 0 Å². The van der Waals surface area contributed by atoms with E-state index < -0.39 is 0 Å². The van der Waals surface area contributed by atoms with Gasteiger partial charge >= 0.3 is 0 Å². The van der Waals surface area contributed by atoms with Crippen molar-refractivity contribution in [1.29, 1.82) is 0 Å². The van der Waals surface area contributed by atoms with E-state index in [0.717, 1.165) is 19.4 Å². The van der Waals surface area contributed by atoms with E-state index in [4.69, 9.17) is 10.5 Å². The minimum Gasteiger partial charge on any atom is -0.384 e. The molecule has 2 saturated carbocycles. The van der Waals surface area contributed by atoms with Crippen LogP contribution in [-0.2, 0) is 15.7 Å². The summed E-state index contributed by atoms with van der Waals surface area (Å²) in [7, 11) is 1.79. The van der Waals surface area contributed by atoms with E-state index in [0.29, 0.717) is 5.41 Å². The molecule has 0 spiro atoms. The molecule has 0 aliphatic heterocycles. The van der Waals surface area contributed by atoms with Crippen LogP contribution in [-0.4, -0.2) is 13.7 Å². The number of hydrogen-bond donors (Lipinski definition) is 1. The van der Waals surface area contributed by atoms with Gasteiger partial charge in [-0.25, -0.2) is 0 Å². The molecule has 2 aliphatic carbocycles. The summed E-state index contributed by atoms with van der Waals surface area (Å²) < 4.78 is 5.35. The summed E-state index contributed by atoms with van der Waals surface area (Å²) >= 11 is 0. The Morgan fingerprint density at radius 3 is 2.06 bits per heavy atom. The summed E-state index contributed by atoms with van der Waals surface area (Å²) in [6.07, 6.45) is 7.32. The van der Waals surface area contributed by atoms with E-state index in [-0.39, 0.29) is 5.54 Å². The average molecular weight is 245 g/mol. The molecule has 0 aromatic heterocycles. The molecule has 0 atom stereocenters. The van der Waals surface area contributed by atoms with Crippen molar-refractivity contribution in [2.45, 2.75) is 49.5 Å². The Labute approximate surface area is 110 Å². The summed E-state index contributed by atoms with van der Waals surface area (Å²) in [6.45, 7) is 0.847. The standard InChI is InChI=1S/C16H23NO/c1-18-12-15(10-11-15)13-4-6-14(7-5-13)16(17)8-2-3-9-16/h4-7H,2-3,8-12,17H2,1H3. The number of hydrogen-bond acceptors (Lipinski definition) is 2. The lowest BCUT2D eigenvalue weighted by Crippen LogP contribution is -2.33. The van der Waals surface area contributed by atoms with Crippen LogP contribution >= 0.6 is 0 Å². The second-order valence-electron chi connectivity index (χ2n) is 6.15. The van der Waals surface area contributed by atoms with Gasteiger partial charge < -0.3 is 10.5 Å². The Kier molecular flexibility index (Phi) is 2.95. The highest BCUT2D eigenvalue weighted by atomic mass is 16.5. The van der Waals surface area contributed by atoms with Gasteiger partial charge in [0.2, 0.25) is 0 Å². The highest BCUT2D eigenvalue weighted by Gasteiger charge is 2.44. The zero-order valence-corrected chi connectivity index (χ0v) is 11.2. The molecule has 2 nitrogen and oxygen atoms in total. The predicted octanol–water partition coefficient (Wildman–Crippen LogP) is 3.09. The van der Waals surface area contributed by atoms with E-state index in [1.165, 1.54) is 36.8 Å². The molecule has 2 aliphatic rings. The third-order valence-electron chi connectivity index (χ3n) is 4.84. The van der Waals surface area contributed by atoms with Gasteiger partial charge in [0, 0.05) is 18.1 Å². The van der Waals surface area contributed by atoms with Gasteiger partial charge in [0.1, 0.15) is 0 Å². The van der Waals surface area contributed by atoms with E-state index >= 15 is 0 Å². The number of benzene rings is 1. The molecule has 0 saturated heterocycles. The van der Waals surface area contributed by atoms with Crippen molar-refractivity contribution in [2.75, 3.05) is 13.7 Å². The number of methoxy groups -OCH3 is 1. The van der Waals surface area contributed by atoms with Gasteiger partial charge in [-0.15, -0.1) is 0 Å². The average Bonchev–Trinajstić information content (AvgIpc) is 3.04. The van der Waals surface area contributed by atoms with Crippen LogP contribution in [0.25, 0.3) is 0 Å². The van der Waals surface area contributed by atoms with Gasteiger partial charge in [-0.05, 0) is 36.8 Å². The van der Waals surface area contributed by atoms with Gasteiger partial charge in [0.25, 0.3) is 0 Å². The van der Waals surface area contributed by atoms with Crippen molar-refractivity contribution in [2.24, 2.45) is 5.73 Å². The van der Waals surface area contributed by atoms with E-state index in [2.05, 4.69) is 24.3 Å². The van der Waals surface area contributed by atoms with E-state index in [9.17, 15) is 0 Å². The topological polar surface area (TPSA) is 35.2 Å². The largest absolute Gasteiger partial charge is 0.384 e. The maximum Gasteiger partial charge on any atom is 0.0559 e. The molecule has 0 radical (unpaired) electrons.